The van der Waals surface area contributed by atoms with Gasteiger partial charge in [-0.15, -0.1) is 0 Å². The number of hydrogen-bond donors (Lipinski definition) is 1. The smallest absolute Gasteiger partial charge is 0.150 e. The van der Waals surface area contributed by atoms with E-state index in [0.29, 0.717) is 11.7 Å². The van der Waals surface area contributed by atoms with Crippen LogP contribution in [0.3, 0.4) is 0 Å². The Labute approximate surface area is 99.1 Å². The molecule has 0 amide bonds. The number of sulfone groups is 1. The van der Waals surface area contributed by atoms with Gasteiger partial charge in [0.15, 0.2) is 0 Å². The molecule has 0 aromatic rings. The van der Waals surface area contributed by atoms with E-state index in [-0.39, 0.29) is 5.75 Å². The minimum Gasteiger partial charge on any atom is -0.330 e. The van der Waals surface area contributed by atoms with Crippen molar-refractivity contribution in [1.82, 2.24) is 4.90 Å². The Morgan fingerprint density at radius 2 is 1.94 bits per heavy atom. The Morgan fingerprint density at radius 1 is 1.31 bits per heavy atom. The standard InChI is InChI=1S/C11H24N2O2S/c1-2-16(14,15)9-3-6-13-7-4-11(10-12)5-8-13/h11H,2-10,12H2,1H3. The first-order valence-electron chi connectivity index (χ1n) is 6.20. The molecule has 0 bridgehead atoms. The molecule has 0 saturated carbocycles. The van der Waals surface area contributed by atoms with Crippen molar-refractivity contribution in [2.45, 2.75) is 26.2 Å². The van der Waals surface area contributed by atoms with Crippen LogP contribution in [0.4, 0.5) is 0 Å². The Morgan fingerprint density at radius 3 is 2.44 bits per heavy atom. The van der Waals surface area contributed by atoms with Crippen LogP contribution < -0.4 is 5.73 Å². The van der Waals surface area contributed by atoms with E-state index < -0.39 is 9.84 Å². The molecule has 1 saturated heterocycles. The van der Waals surface area contributed by atoms with Crippen molar-refractivity contribution < 1.29 is 8.42 Å². The quantitative estimate of drug-likeness (QED) is 0.743. The van der Waals surface area contributed by atoms with Gasteiger partial charge in [0.25, 0.3) is 0 Å². The molecule has 0 aromatic carbocycles. The second-order valence-electron chi connectivity index (χ2n) is 4.61. The zero-order valence-corrected chi connectivity index (χ0v) is 11.0. The summed E-state index contributed by atoms with van der Waals surface area (Å²) < 4.78 is 22.6. The summed E-state index contributed by atoms with van der Waals surface area (Å²) in [5.41, 5.74) is 5.63. The van der Waals surface area contributed by atoms with Crippen molar-refractivity contribution in [2.24, 2.45) is 11.7 Å². The number of likely N-dealkylation sites (tertiary alicyclic amines) is 1. The molecule has 1 aliphatic rings. The minimum absolute atomic E-state index is 0.266. The number of rotatable bonds is 6. The van der Waals surface area contributed by atoms with E-state index in [4.69, 9.17) is 5.73 Å². The van der Waals surface area contributed by atoms with Crippen molar-refractivity contribution in [2.75, 3.05) is 37.7 Å². The van der Waals surface area contributed by atoms with Crippen LogP contribution in [0.25, 0.3) is 0 Å². The number of nitrogens with two attached hydrogens (primary N) is 1. The lowest BCUT2D eigenvalue weighted by molar-refractivity contribution is 0.188. The van der Waals surface area contributed by atoms with Gasteiger partial charge in [-0.25, -0.2) is 8.42 Å². The van der Waals surface area contributed by atoms with Crippen LogP contribution in [0.1, 0.15) is 26.2 Å². The first-order valence-corrected chi connectivity index (χ1v) is 8.02. The SMILES string of the molecule is CCS(=O)(=O)CCCN1CCC(CN)CC1. The fourth-order valence-electron chi connectivity index (χ4n) is 2.10. The molecule has 1 rings (SSSR count). The maximum atomic E-state index is 11.3. The van der Waals surface area contributed by atoms with Crippen LogP contribution in [-0.2, 0) is 9.84 Å². The first-order chi connectivity index (χ1) is 7.57. The molecule has 0 aliphatic carbocycles. The van der Waals surface area contributed by atoms with Crippen molar-refractivity contribution in [3.63, 3.8) is 0 Å². The molecule has 0 unspecified atom stereocenters. The van der Waals surface area contributed by atoms with E-state index in [2.05, 4.69) is 4.90 Å². The van der Waals surface area contributed by atoms with Crippen molar-refractivity contribution >= 4 is 9.84 Å². The fourth-order valence-corrected chi connectivity index (χ4v) is 2.96. The number of hydrogen-bond acceptors (Lipinski definition) is 4. The average Bonchev–Trinajstić information content (AvgIpc) is 2.30. The van der Waals surface area contributed by atoms with Crippen molar-refractivity contribution in [3.05, 3.63) is 0 Å². The highest BCUT2D eigenvalue weighted by Crippen LogP contribution is 2.15. The molecule has 2 N–H and O–H groups in total. The van der Waals surface area contributed by atoms with Crippen LogP contribution in [0, 0.1) is 5.92 Å². The molecule has 4 nitrogen and oxygen atoms in total. The molecule has 1 heterocycles. The van der Waals surface area contributed by atoms with Crippen molar-refractivity contribution in [1.29, 1.82) is 0 Å². The van der Waals surface area contributed by atoms with Gasteiger partial charge in [-0.2, -0.15) is 0 Å². The summed E-state index contributed by atoms with van der Waals surface area (Å²) >= 11 is 0. The fraction of sp³-hybridized carbons (Fsp3) is 1.00. The summed E-state index contributed by atoms with van der Waals surface area (Å²) in [6, 6.07) is 0. The minimum atomic E-state index is -2.78. The van der Waals surface area contributed by atoms with Gasteiger partial charge in [-0.3, -0.25) is 0 Å². The van der Waals surface area contributed by atoms with Crippen LogP contribution in [0.2, 0.25) is 0 Å². The zero-order chi connectivity index (χ0) is 12.0. The third-order valence-electron chi connectivity index (χ3n) is 3.41. The molecule has 96 valence electrons. The Balaban J connectivity index is 2.16. The largest absolute Gasteiger partial charge is 0.330 e. The molecule has 0 spiro atoms. The summed E-state index contributed by atoms with van der Waals surface area (Å²) in [5.74, 6) is 1.28. The van der Waals surface area contributed by atoms with Crippen LogP contribution in [-0.4, -0.2) is 51.0 Å². The third-order valence-corrected chi connectivity index (χ3v) is 5.20. The lowest BCUT2D eigenvalue weighted by Gasteiger charge is -2.31. The normalized spacial score (nSPS) is 20.1. The summed E-state index contributed by atoms with van der Waals surface area (Å²) in [7, 11) is -2.78. The van der Waals surface area contributed by atoms with Crippen LogP contribution >= 0.6 is 0 Å². The molecule has 0 aromatic heterocycles. The predicted molar refractivity (Wildman–Crippen MR) is 67.2 cm³/mol. The molecule has 1 aliphatic heterocycles. The maximum Gasteiger partial charge on any atom is 0.150 e. The average molecular weight is 248 g/mol. The molecule has 1 fully saturated rings. The van der Waals surface area contributed by atoms with Gasteiger partial charge in [-0.05, 0) is 51.4 Å². The molecule has 16 heavy (non-hydrogen) atoms. The predicted octanol–water partition coefficient (Wildman–Crippen LogP) is 0.482. The van der Waals surface area contributed by atoms with E-state index in [1.54, 1.807) is 6.92 Å². The highest BCUT2D eigenvalue weighted by atomic mass is 32.2. The second kappa shape index (κ2) is 6.57. The van der Waals surface area contributed by atoms with Gasteiger partial charge in [0.05, 0.1) is 5.75 Å². The van der Waals surface area contributed by atoms with Gasteiger partial charge < -0.3 is 10.6 Å². The van der Waals surface area contributed by atoms with Gasteiger partial charge >= 0.3 is 0 Å². The highest BCUT2D eigenvalue weighted by molar-refractivity contribution is 7.91. The Bertz CT molecular complexity index is 282. The highest BCUT2D eigenvalue weighted by Gasteiger charge is 2.18. The monoisotopic (exact) mass is 248 g/mol. The summed E-state index contributed by atoms with van der Waals surface area (Å²) in [6.45, 7) is 5.57. The van der Waals surface area contributed by atoms with Gasteiger partial charge in [0.2, 0.25) is 0 Å². The summed E-state index contributed by atoms with van der Waals surface area (Å²) in [5, 5.41) is 0. The summed E-state index contributed by atoms with van der Waals surface area (Å²) in [6.07, 6.45) is 3.09. The molecular formula is C11H24N2O2S. The van der Waals surface area contributed by atoms with Crippen molar-refractivity contribution in [3.8, 4) is 0 Å². The molecule has 5 heteroatoms. The van der Waals surface area contributed by atoms with E-state index in [1.165, 1.54) is 0 Å². The first kappa shape index (κ1) is 13.9. The lowest BCUT2D eigenvalue weighted by Crippen LogP contribution is -2.37. The van der Waals surface area contributed by atoms with Gasteiger partial charge in [0, 0.05) is 5.75 Å². The topological polar surface area (TPSA) is 63.4 Å². The second-order valence-corrected chi connectivity index (χ2v) is 7.08. The zero-order valence-electron chi connectivity index (χ0n) is 10.2. The Hall–Kier alpha value is -0.130. The number of nitrogens with zero attached hydrogens (tertiary/aromatic N) is 1. The molecule has 0 radical (unpaired) electrons. The maximum absolute atomic E-state index is 11.3. The summed E-state index contributed by atoms with van der Waals surface area (Å²) in [4.78, 5) is 2.36. The number of piperidine rings is 1. The van der Waals surface area contributed by atoms with E-state index >= 15 is 0 Å². The van der Waals surface area contributed by atoms with E-state index in [9.17, 15) is 8.42 Å². The van der Waals surface area contributed by atoms with E-state index in [0.717, 1.165) is 45.4 Å². The third kappa shape index (κ3) is 4.80. The molecule has 0 atom stereocenters. The van der Waals surface area contributed by atoms with Gasteiger partial charge in [0.1, 0.15) is 9.84 Å². The van der Waals surface area contributed by atoms with Gasteiger partial charge in [-0.1, -0.05) is 6.92 Å². The van der Waals surface area contributed by atoms with Crippen LogP contribution in [0.5, 0.6) is 0 Å². The Kier molecular flexibility index (Phi) is 5.72. The van der Waals surface area contributed by atoms with Crippen LogP contribution in [0.15, 0.2) is 0 Å². The molecular weight excluding hydrogens is 224 g/mol. The lowest BCUT2D eigenvalue weighted by atomic mass is 9.97. The van der Waals surface area contributed by atoms with E-state index in [1.807, 2.05) is 0 Å².